The number of nitrogens with zero attached hydrogens (tertiary/aromatic N) is 1. The van der Waals surface area contributed by atoms with Gasteiger partial charge in [-0.1, -0.05) is 17.7 Å². The van der Waals surface area contributed by atoms with Crippen molar-refractivity contribution in [2.45, 2.75) is 26.4 Å². The summed E-state index contributed by atoms with van der Waals surface area (Å²) in [5.74, 6) is -0.238. The van der Waals surface area contributed by atoms with Gasteiger partial charge in [0.1, 0.15) is 5.75 Å². The minimum absolute atomic E-state index is 0.0384. The van der Waals surface area contributed by atoms with Gasteiger partial charge in [-0.3, -0.25) is 9.59 Å². The molecule has 0 aromatic heterocycles. The molecule has 2 aromatic rings. The molecule has 1 amide bonds. The molecule has 1 aliphatic rings. The quantitative estimate of drug-likeness (QED) is 0.705. The Hall–Kier alpha value is -3.06. The van der Waals surface area contributed by atoms with E-state index in [-0.39, 0.29) is 12.3 Å². The van der Waals surface area contributed by atoms with Gasteiger partial charge < -0.3 is 24.4 Å². The van der Waals surface area contributed by atoms with Crippen molar-refractivity contribution in [1.29, 1.82) is 0 Å². The Balaban J connectivity index is 1.53. The second kappa shape index (κ2) is 10.1. The molecule has 3 rings (SSSR count). The third-order valence-electron chi connectivity index (χ3n) is 4.96. The normalized spacial score (nSPS) is 14.7. The molecule has 7 nitrogen and oxygen atoms in total. The number of anilines is 2. The van der Waals surface area contributed by atoms with E-state index in [0.29, 0.717) is 11.4 Å². The molecule has 1 aliphatic heterocycles. The zero-order valence-corrected chi connectivity index (χ0v) is 17.6. The fourth-order valence-corrected chi connectivity index (χ4v) is 3.31. The van der Waals surface area contributed by atoms with Crippen LogP contribution in [-0.4, -0.2) is 51.4 Å². The first-order chi connectivity index (χ1) is 14.5. The fourth-order valence-electron chi connectivity index (χ4n) is 3.31. The average molecular weight is 412 g/mol. The van der Waals surface area contributed by atoms with E-state index in [9.17, 15) is 9.59 Å². The van der Waals surface area contributed by atoms with Crippen LogP contribution in [0.3, 0.4) is 0 Å². The van der Waals surface area contributed by atoms with Crippen LogP contribution in [0.1, 0.15) is 18.1 Å². The van der Waals surface area contributed by atoms with Gasteiger partial charge in [-0.05, 0) is 44.2 Å². The number of aryl methyl sites for hydroxylation is 1. The maximum atomic E-state index is 12.4. The van der Waals surface area contributed by atoms with Crippen LogP contribution in [0.2, 0.25) is 0 Å². The highest BCUT2D eigenvalue weighted by molar-refractivity contribution is 5.95. The largest absolute Gasteiger partial charge is 0.496 e. The zero-order valence-electron chi connectivity index (χ0n) is 17.6. The van der Waals surface area contributed by atoms with E-state index in [0.717, 1.165) is 43.1 Å². The number of amides is 1. The summed E-state index contributed by atoms with van der Waals surface area (Å²) in [6.07, 6.45) is -0.872. The number of nitrogens with one attached hydrogen (secondary N) is 1. The van der Waals surface area contributed by atoms with Gasteiger partial charge in [0.05, 0.1) is 26.7 Å². The standard InChI is InChI=1S/C23H28N2O5/c1-16-4-9-21(28-3)18(14-16)15-22(26)30-17(2)23(27)24-19-5-7-20(8-6-19)25-10-12-29-13-11-25/h4-9,14,17H,10-13,15H2,1-3H3,(H,24,27)/t17-/m0/s1. The molecule has 7 heteroatoms. The zero-order chi connectivity index (χ0) is 21.5. The maximum absolute atomic E-state index is 12.4. The molecule has 0 aliphatic carbocycles. The Labute approximate surface area is 176 Å². The van der Waals surface area contributed by atoms with Gasteiger partial charge in [0.2, 0.25) is 0 Å². The van der Waals surface area contributed by atoms with Crippen molar-refractivity contribution in [3.8, 4) is 5.75 Å². The molecule has 30 heavy (non-hydrogen) atoms. The van der Waals surface area contributed by atoms with Crippen molar-refractivity contribution in [1.82, 2.24) is 0 Å². The van der Waals surface area contributed by atoms with Crippen LogP contribution in [0, 0.1) is 6.92 Å². The summed E-state index contributed by atoms with van der Waals surface area (Å²) in [4.78, 5) is 27.0. The number of hydrogen-bond donors (Lipinski definition) is 1. The van der Waals surface area contributed by atoms with Gasteiger partial charge in [0.25, 0.3) is 5.91 Å². The first-order valence-corrected chi connectivity index (χ1v) is 10.0. The Kier molecular flexibility index (Phi) is 7.30. The van der Waals surface area contributed by atoms with E-state index >= 15 is 0 Å². The molecule has 1 N–H and O–H groups in total. The van der Waals surface area contributed by atoms with Crippen LogP contribution in [-0.2, 0) is 25.5 Å². The number of morpholine rings is 1. The maximum Gasteiger partial charge on any atom is 0.311 e. The van der Waals surface area contributed by atoms with Crippen molar-refractivity contribution >= 4 is 23.3 Å². The summed E-state index contributed by atoms with van der Waals surface area (Å²) >= 11 is 0. The van der Waals surface area contributed by atoms with Crippen molar-refractivity contribution in [3.63, 3.8) is 0 Å². The summed E-state index contributed by atoms with van der Waals surface area (Å²) in [5, 5.41) is 2.79. The molecule has 0 bridgehead atoms. The molecule has 0 spiro atoms. The highest BCUT2D eigenvalue weighted by Crippen LogP contribution is 2.21. The molecule has 0 saturated carbocycles. The lowest BCUT2D eigenvalue weighted by Crippen LogP contribution is -2.36. The van der Waals surface area contributed by atoms with E-state index in [1.807, 2.05) is 49.4 Å². The number of carbonyl (C=O) groups is 2. The smallest absolute Gasteiger partial charge is 0.311 e. The van der Waals surface area contributed by atoms with Crippen LogP contribution < -0.4 is 15.0 Å². The number of methoxy groups -OCH3 is 1. The van der Waals surface area contributed by atoms with Gasteiger partial charge in [-0.2, -0.15) is 0 Å². The van der Waals surface area contributed by atoms with E-state index in [1.165, 1.54) is 0 Å². The van der Waals surface area contributed by atoms with Gasteiger partial charge in [-0.25, -0.2) is 0 Å². The minimum Gasteiger partial charge on any atom is -0.496 e. The van der Waals surface area contributed by atoms with E-state index < -0.39 is 12.1 Å². The first-order valence-electron chi connectivity index (χ1n) is 10.0. The predicted molar refractivity (Wildman–Crippen MR) is 115 cm³/mol. The monoisotopic (exact) mass is 412 g/mol. The second-order valence-corrected chi connectivity index (χ2v) is 7.26. The Morgan fingerprint density at radius 3 is 2.50 bits per heavy atom. The van der Waals surface area contributed by atoms with Gasteiger partial charge >= 0.3 is 5.97 Å². The minimum atomic E-state index is -0.910. The molecule has 0 radical (unpaired) electrons. The molecular weight excluding hydrogens is 384 g/mol. The molecule has 160 valence electrons. The number of esters is 1. The van der Waals surface area contributed by atoms with Crippen molar-refractivity contribution in [3.05, 3.63) is 53.6 Å². The SMILES string of the molecule is COc1ccc(C)cc1CC(=O)O[C@@H](C)C(=O)Nc1ccc(N2CCOCC2)cc1. The lowest BCUT2D eigenvalue weighted by molar-refractivity contribution is -0.152. The highest BCUT2D eigenvalue weighted by Gasteiger charge is 2.19. The summed E-state index contributed by atoms with van der Waals surface area (Å²) in [7, 11) is 1.56. The van der Waals surface area contributed by atoms with E-state index in [1.54, 1.807) is 14.0 Å². The number of hydrogen-bond acceptors (Lipinski definition) is 6. The van der Waals surface area contributed by atoms with E-state index in [2.05, 4.69) is 10.2 Å². The molecule has 0 unspecified atom stereocenters. The number of carbonyl (C=O) groups excluding carboxylic acids is 2. The number of benzene rings is 2. The molecule has 2 aromatic carbocycles. The Morgan fingerprint density at radius 2 is 1.83 bits per heavy atom. The topological polar surface area (TPSA) is 77.1 Å². The Bertz CT molecular complexity index is 876. The van der Waals surface area contributed by atoms with Gasteiger partial charge in [-0.15, -0.1) is 0 Å². The molecular formula is C23H28N2O5. The number of ether oxygens (including phenoxy) is 3. The van der Waals surface area contributed by atoms with Crippen molar-refractivity contribution in [2.24, 2.45) is 0 Å². The lowest BCUT2D eigenvalue weighted by atomic mass is 10.1. The molecule has 1 atom stereocenters. The van der Waals surface area contributed by atoms with Gasteiger partial charge in [0, 0.05) is 30.0 Å². The summed E-state index contributed by atoms with van der Waals surface area (Å²) in [5.41, 5.74) is 3.49. The second-order valence-electron chi connectivity index (χ2n) is 7.26. The van der Waals surface area contributed by atoms with Crippen LogP contribution in [0.15, 0.2) is 42.5 Å². The third-order valence-corrected chi connectivity index (χ3v) is 4.96. The fraction of sp³-hybridized carbons (Fsp3) is 0.391. The van der Waals surface area contributed by atoms with Crippen molar-refractivity contribution in [2.75, 3.05) is 43.6 Å². The third kappa shape index (κ3) is 5.73. The molecule has 1 fully saturated rings. The van der Waals surface area contributed by atoms with Crippen LogP contribution in [0.25, 0.3) is 0 Å². The number of rotatable bonds is 7. The molecule has 1 saturated heterocycles. The summed E-state index contributed by atoms with van der Waals surface area (Å²) in [6.45, 7) is 6.64. The van der Waals surface area contributed by atoms with E-state index in [4.69, 9.17) is 14.2 Å². The highest BCUT2D eigenvalue weighted by atomic mass is 16.5. The molecule has 1 heterocycles. The Morgan fingerprint density at radius 1 is 1.13 bits per heavy atom. The van der Waals surface area contributed by atoms with Crippen molar-refractivity contribution < 1.29 is 23.8 Å². The first kappa shape index (κ1) is 21.6. The average Bonchev–Trinajstić information content (AvgIpc) is 2.75. The lowest BCUT2D eigenvalue weighted by Gasteiger charge is -2.28. The summed E-state index contributed by atoms with van der Waals surface area (Å²) in [6, 6.07) is 13.2. The van der Waals surface area contributed by atoms with Crippen LogP contribution >= 0.6 is 0 Å². The predicted octanol–water partition coefficient (Wildman–Crippen LogP) is 2.95. The van der Waals surface area contributed by atoms with Crippen LogP contribution in [0.5, 0.6) is 5.75 Å². The van der Waals surface area contributed by atoms with Gasteiger partial charge in [0.15, 0.2) is 6.10 Å². The van der Waals surface area contributed by atoms with Crippen LogP contribution in [0.4, 0.5) is 11.4 Å². The summed E-state index contributed by atoms with van der Waals surface area (Å²) < 4.78 is 16.0.